The number of ether oxygens (including phenoxy) is 1. The van der Waals surface area contributed by atoms with Gasteiger partial charge in [0.1, 0.15) is 5.75 Å². The first-order valence-corrected chi connectivity index (χ1v) is 8.46. The molecule has 2 aromatic carbocycles. The number of methoxy groups -OCH3 is 1. The fraction of sp³-hybridized carbons (Fsp3) is 0.0526. The zero-order chi connectivity index (χ0) is 18.5. The van der Waals surface area contributed by atoms with Gasteiger partial charge in [-0.1, -0.05) is 22.0 Å². The largest absolute Gasteiger partial charge is 0.495 e. The van der Waals surface area contributed by atoms with Crippen molar-refractivity contribution >= 4 is 39.1 Å². The van der Waals surface area contributed by atoms with Crippen LogP contribution in [0.25, 0.3) is 0 Å². The average molecular weight is 415 g/mol. The lowest BCUT2D eigenvalue weighted by Crippen LogP contribution is -2.14. The van der Waals surface area contributed by atoms with E-state index in [-0.39, 0.29) is 17.6 Å². The minimum absolute atomic E-state index is 0.195. The second-order valence-electron chi connectivity index (χ2n) is 5.31. The number of hydrogen-bond acceptors (Lipinski definition) is 4. The van der Waals surface area contributed by atoms with Crippen molar-refractivity contribution in [3.05, 3.63) is 76.7 Å². The standard InChI is InChI=1S/C19H15BrN2O4/c1-25-16-8-7-14(21-19(24)17-6-3-9-26-17)11-15(16)22-18(23)12-4-2-5-13(20)10-12/h2-11H,1H3,(H,21,24)(H,22,23). The Kier molecular flexibility index (Phi) is 5.38. The van der Waals surface area contributed by atoms with Crippen LogP contribution >= 0.6 is 15.9 Å². The summed E-state index contributed by atoms with van der Waals surface area (Å²) in [5.41, 5.74) is 1.43. The summed E-state index contributed by atoms with van der Waals surface area (Å²) in [5, 5.41) is 5.50. The van der Waals surface area contributed by atoms with Crippen molar-refractivity contribution in [1.82, 2.24) is 0 Å². The van der Waals surface area contributed by atoms with Crippen molar-refractivity contribution in [3.63, 3.8) is 0 Å². The number of halogens is 1. The summed E-state index contributed by atoms with van der Waals surface area (Å²) >= 11 is 3.34. The molecule has 6 nitrogen and oxygen atoms in total. The van der Waals surface area contributed by atoms with Crippen LogP contribution in [0.3, 0.4) is 0 Å². The number of benzene rings is 2. The number of rotatable bonds is 5. The highest BCUT2D eigenvalue weighted by atomic mass is 79.9. The van der Waals surface area contributed by atoms with E-state index < -0.39 is 0 Å². The van der Waals surface area contributed by atoms with E-state index in [4.69, 9.17) is 9.15 Å². The smallest absolute Gasteiger partial charge is 0.291 e. The number of carbonyl (C=O) groups is 2. The number of anilines is 2. The van der Waals surface area contributed by atoms with Crippen LogP contribution < -0.4 is 15.4 Å². The van der Waals surface area contributed by atoms with E-state index >= 15 is 0 Å². The Bertz CT molecular complexity index is 938. The minimum atomic E-state index is -0.385. The molecule has 2 amide bonds. The van der Waals surface area contributed by atoms with E-state index in [9.17, 15) is 9.59 Å². The van der Waals surface area contributed by atoms with Gasteiger partial charge in [0.15, 0.2) is 5.76 Å². The van der Waals surface area contributed by atoms with Crippen LogP contribution in [0.4, 0.5) is 11.4 Å². The third-order valence-electron chi connectivity index (χ3n) is 3.54. The summed E-state index contributed by atoms with van der Waals surface area (Å²) in [6.07, 6.45) is 1.42. The number of furan rings is 1. The molecule has 1 heterocycles. The van der Waals surface area contributed by atoms with Crippen LogP contribution in [0.1, 0.15) is 20.9 Å². The normalized spacial score (nSPS) is 10.2. The van der Waals surface area contributed by atoms with E-state index in [0.29, 0.717) is 22.7 Å². The molecule has 0 aliphatic heterocycles. The van der Waals surface area contributed by atoms with Gasteiger partial charge in [0, 0.05) is 15.7 Å². The van der Waals surface area contributed by atoms with Gasteiger partial charge in [0.25, 0.3) is 11.8 Å². The van der Waals surface area contributed by atoms with Gasteiger partial charge >= 0.3 is 0 Å². The molecule has 1 aromatic heterocycles. The lowest BCUT2D eigenvalue weighted by molar-refractivity contribution is 0.0995. The molecule has 7 heteroatoms. The van der Waals surface area contributed by atoms with E-state index in [0.717, 1.165) is 4.47 Å². The Morgan fingerprint density at radius 1 is 1.00 bits per heavy atom. The Morgan fingerprint density at radius 2 is 1.85 bits per heavy atom. The highest BCUT2D eigenvalue weighted by molar-refractivity contribution is 9.10. The summed E-state index contributed by atoms with van der Waals surface area (Å²) < 4.78 is 11.2. The molecule has 0 bridgehead atoms. The van der Waals surface area contributed by atoms with Crippen molar-refractivity contribution in [1.29, 1.82) is 0 Å². The molecule has 0 spiro atoms. The molecule has 0 fully saturated rings. The van der Waals surface area contributed by atoms with Crippen LogP contribution in [-0.2, 0) is 0 Å². The number of hydrogen-bond donors (Lipinski definition) is 2. The zero-order valence-electron chi connectivity index (χ0n) is 13.8. The monoisotopic (exact) mass is 414 g/mol. The van der Waals surface area contributed by atoms with Crippen molar-refractivity contribution in [2.24, 2.45) is 0 Å². The number of amides is 2. The van der Waals surface area contributed by atoms with Crippen LogP contribution in [0.15, 0.2) is 69.8 Å². The minimum Gasteiger partial charge on any atom is -0.495 e. The maximum atomic E-state index is 12.5. The first kappa shape index (κ1) is 17.8. The Morgan fingerprint density at radius 3 is 2.54 bits per heavy atom. The maximum absolute atomic E-state index is 12.5. The van der Waals surface area contributed by atoms with Gasteiger partial charge in [-0.25, -0.2) is 0 Å². The molecule has 0 unspecified atom stereocenters. The van der Waals surface area contributed by atoms with Gasteiger partial charge in [-0.3, -0.25) is 9.59 Å². The van der Waals surface area contributed by atoms with Crippen molar-refractivity contribution in [2.45, 2.75) is 0 Å². The SMILES string of the molecule is COc1ccc(NC(=O)c2ccco2)cc1NC(=O)c1cccc(Br)c1. The third-order valence-corrected chi connectivity index (χ3v) is 4.03. The van der Waals surface area contributed by atoms with Crippen molar-refractivity contribution in [3.8, 4) is 5.75 Å². The molecule has 3 aromatic rings. The molecule has 0 aliphatic carbocycles. The molecular weight excluding hydrogens is 400 g/mol. The summed E-state index contributed by atoms with van der Waals surface area (Å²) in [6.45, 7) is 0. The van der Waals surface area contributed by atoms with Gasteiger partial charge in [-0.15, -0.1) is 0 Å². The van der Waals surface area contributed by atoms with E-state index in [2.05, 4.69) is 26.6 Å². The predicted molar refractivity (Wildman–Crippen MR) is 102 cm³/mol. The molecule has 0 radical (unpaired) electrons. The Hall–Kier alpha value is -3.06. The summed E-state index contributed by atoms with van der Waals surface area (Å²) in [4.78, 5) is 24.6. The van der Waals surface area contributed by atoms with Crippen LogP contribution in [0.2, 0.25) is 0 Å². The van der Waals surface area contributed by atoms with Crippen molar-refractivity contribution < 1.29 is 18.7 Å². The lowest BCUT2D eigenvalue weighted by atomic mass is 10.2. The molecule has 0 saturated carbocycles. The Labute approximate surface area is 158 Å². The van der Waals surface area contributed by atoms with Gasteiger partial charge in [-0.05, 0) is 48.5 Å². The van der Waals surface area contributed by atoms with Gasteiger partial charge in [0.2, 0.25) is 0 Å². The van der Waals surface area contributed by atoms with Gasteiger partial charge < -0.3 is 19.8 Å². The molecule has 3 rings (SSSR count). The van der Waals surface area contributed by atoms with Crippen LogP contribution in [0.5, 0.6) is 5.75 Å². The lowest BCUT2D eigenvalue weighted by Gasteiger charge is -2.13. The molecule has 0 saturated heterocycles. The highest BCUT2D eigenvalue weighted by Gasteiger charge is 2.13. The molecule has 132 valence electrons. The fourth-order valence-corrected chi connectivity index (χ4v) is 2.71. The van der Waals surface area contributed by atoms with E-state index in [1.807, 2.05) is 6.07 Å². The molecule has 0 atom stereocenters. The second kappa shape index (κ2) is 7.88. The molecular formula is C19H15BrN2O4. The first-order valence-electron chi connectivity index (χ1n) is 7.66. The quantitative estimate of drug-likeness (QED) is 0.641. The fourth-order valence-electron chi connectivity index (χ4n) is 2.31. The molecule has 26 heavy (non-hydrogen) atoms. The highest BCUT2D eigenvalue weighted by Crippen LogP contribution is 2.29. The molecule has 0 aliphatic rings. The molecule has 2 N–H and O–H groups in total. The van der Waals surface area contributed by atoms with Gasteiger partial charge in [0.05, 0.1) is 19.1 Å². The number of carbonyl (C=O) groups excluding carboxylic acids is 2. The maximum Gasteiger partial charge on any atom is 0.291 e. The summed E-state index contributed by atoms with van der Waals surface area (Å²) in [5.74, 6) is -0.00608. The average Bonchev–Trinajstić information content (AvgIpc) is 3.17. The van der Waals surface area contributed by atoms with E-state index in [1.165, 1.54) is 13.4 Å². The predicted octanol–water partition coefficient (Wildman–Crippen LogP) is 4.56. The zero-order valence-corrected chi connectivity index (χ0v) is 15.4. The van der Waals surface area contributed by atoms with E-state index in [1.54, 1.807) is 48.5 Å². The van der Waals surface area contributed by atoms with Gasteiger partial charge in [-0.2, -0.15) is 0 Å². The van der Waals surface area contributed by atoms with Crippen molar-refractivity contribution in [2.75, 3.05) is 17.7 Å². The topological polar surface area (TPSA) is 80.6 Å². The Balaban J connectivity index is 1.81. The summed E-state index contributed by atoms with van der Waals surface area (Å²) in [7, 11) is 1.51. The van der Waals surface area contributed by atoms with Crippen LogP contribution in [-0.4, -0.2) is 18.9 Å². The number of nitrogens with one attached hydrogen (secondary N) is 2. The first-order chi connectivity index (χ1) is 12.6. The third kappa shape index (κ3) is 4.12. The van der Waals surface area contributed by atoms with Crippen LogP contribution in [0, 0.1) is 0 Å². The second-order valence-corrected chi connectivity index (χ2v) is 6.23. The summed E-state index contributed by atoms with van der Waals surface area (Å²) in [6, 6.07) is 15.2.